The van der Waals surface area contributed by atoms with E-state index in [1.54, 1.807) is 0 Å². The van der Waals surface area contributed by atoms with Gasteiger partial charge < -0.3 is 4.52 Å². The fourth-order valence-electron chi connectivity index (χ4n) is 4.73. The van der Waals surface area contributed by atoms with Crippen LogP contribution in [0.4, 0.5) is 0 Å². The Morgan fingerprint density at radius 2 is 1.96 bits per heavy atom. The van der Waals surface area contributed by atoms with E-state index in [-0.39, 0.29) is 0 Å². The second-order valence-corrected chi connectivity index (χ2v) is 8.61. The van der Waals surface area contributed by atoms with Crippen LogP contribution in [0.25, 0.3) is 0 Å². The van der Waals surface area contributed by atoms with Gasteiger partial charge in [0, 0.05) is 31.6 Å². The van der Waals surface area contributed by atoms with Crippen LogP contribution in [-0.4, -0.2) is 49.4 Å². The smallest absolute Gasteiger partial charge is 0.229 e. The third-order valence-corrected chi connectivity index (χ3v) is 6.50. The van der Waals surface area contributed by atoms with Crippen LogP contribution in [0.5, 0.6) is 0 Å². The van der Waals surface area contributed by atoms with Crippen LogP contribution in [0, 0.1) is 0 Å². The predicted octanol–water partition coefficient (Wildman–Crippen LogP) is 2.92. The zero-order chi connectivity index (χ0) is 18.2. The van der Waals surface area contributed by atoms with E-state index < -0.39 is 0 Å². The highest BCUT2D eigenvalue weighted by Crippen LogP contribution is 2.35. The SMILES string of the molecule is CN(Cc1cc2n(n1)CCN(C1CCCC1)C2)Cc1noc(C2CCC2)n1. The third-order valence-electron chi connectivity index (χ3n) is 6.50. The Bertz CT molecular complexity index is 773. The standard InChI is InChI=1S/C20H30N6O/c1-24(14-19-21-20(27-23-19)15-5-4-6-15)12-16-11-18-13-25(9-10-26(18)22-16)17-7-2-3-8-17/h11,15,17H,2-10,12-14H2,1H3. The van der Waals surface area contributed by atoms with Crippen molar-refractivity contribution in [1.29, 1.82) is 0 Å². The van der Waals surface area contributed by atoms with Gasteiger partial charge in [0.2, 0.25) is 5.89 Å². The van der Waals surface area contributed by atoms with E-state index in [1.165, 1.54) is 50.6 Å². The molecule has 146 valence electrons. The van der Waals surface area contributed by atoms with E-state index in [9.17, 15) is 0 Å². The van der Waals surface area contributed by atoms with Crippen molar-refractivity contribution in [3.05, 3.63) is 29.2 Å². The predicted molar refractivity (Wildman–Crippen MR) is 101 cm³/mol. The summed E-state index contributed by atoms with van der Waals surface area (Å²) in [6.45, 7) is 4.73. The van der Waals surface area contributed by atoms with Crippen LogP contribution >= 0.6 is 0 Å². The van der Waals surface area contributed by atoms with Gasteiger partial charge in [-0.05, 0) is 38.8 Å². The van der Waals surface area contributed by atoms with Crippen LogP contribution in [-0.2, 0) is 26.2 Å². The Kier molecular flexibility index (Phi) is 4.73. The first-order valence-electron chi connectivity index (χ1n) is 10.6. The largest absolute Gasteiger partial charge is 0.339 e. The maximum atomic E-state index is 5.43. The van der Waals surface area contributed by atoms with Crippen molar-refractivity contribution >= 4 is 0 Å². The van der Waals surface area contributed by atoms with Crippen molar-refractivity contribution in [3.63, 3.8) is 0 Å². The first-order chi connectivity index (χ1) is 13.2. The highest BCUT2D eigenvalue weighted by molar-refractivity contribution is 5.12. The molecule has 0 bridgehead atoms. The molecule has 27 heavy (non-hydrogen) atoms. The lowest BCUT2D eigenvalue weighted by atomic mass is 9.85. The summed E-state index contributed by atoms with van der Waals surface area (Å²) in [6, 6.07) is 3.08. The zero-order valence-electron chi connectivity index (χ0n) is 16.3. The highest BCUT2D eigenvalue weighted by Gasteiger charge is 2.27. The molecule has 2 aromatic rings. The van der Waals surface area contributed by atoms with Gasteiger partial charge in [0.15, 0.2) is 5.82 Å². The van der Waals surface area contributed by atoms with Gasteiger partial charge in [-0.1, -0.05) is 24.4 Å². The van der Waals surface area contributed by atoms with E-state index in [1.807, 2.05) is 0 Å². The molecule has 3 heterocycles. The van der Waals surface area contributed by atoms with E-state index in [4.69, 9.17) is 9.62 Å². The molecule has 0 atom stereocenters. The quantitative estimate of drug-likeness (QED) is 0.779. The van der Waals surface area contributed by atoms with Crippen molar-refractivity contribution < 1.29 is 4.52 Å². The van der Waals surface area contributed by atoms with Gasteiger partial charge in [-0.25, -0.2) is 0 Å². The second kappa shape index (κ2) is 7.36. The molecule has 2 aromatic heterocycles. The maximum absolute atomic E-state index is 5.43. The van der Waals surface area contributed by atoms with Crippen molar-refractivity contribution in [1.82, 2.24) is 29.7 Å². The van der Waals surface area contributed by atoms with E-state index in [0.29, 0.717) is 12.5 Å². The molecule has 0 unspecified atom stereocenters. The van der Waals surface area contributed by atoms with Gasteiger partial charge in [0.25, 0.3) is 0 Å². The molecule has 0 aromatic carbocycles. The zero-order valence-corrected chi connectivity index (χ0v) is 16.3. The lowest BCUT2D eigenvalue weighted by Gasteiger charge is -2.32. The molecular formula is C20H30N6O. The molecule has 0 spiro atoms. The van der Waals surface area contributed by atoms with Gasteiger partial charge in [-0.2, -0.15) is 10.1 Å². The average molecular weight is 371 g/mol. The van der Waals surface area contributed by atoms with Gasteiger partial charge in [-0.3, -0.25) is 14.5 Å². The first-order valence-corrected chi connectivity index (χ1v) is 10.6. The summed E-state index contributed by atoms with van der Waals surface area (Å²) in [6.07, 6.45) is 9.20. The minimum atomic E-state index is 0.499. The van der Waals surface area contributed by atoms with Crippen LogP contribution in [0.1, 0.15) is 74.0 Å². The summed E-state index contributed by atoms with van der Waals surface area (Å²) in [4.78, 5) is 9.47. The van der Waals surface area contributed by atoms with Gasteiger partial charge in [-0.15, -0.1) is 0 Å². The Morgan fingerprint density at radius 3 is 2.74 bits per heavy atom. The number of hydrogen-bond acceptors (Lipinski definition) is 6. The second-order valence-electron chi connectivity index (χ2n) is 8.61. The first kappa shape index (κ1) is 17.4. The van der Waals surface area contributed by atoms with Crippen molar-refractivity contribution in [2.75, 3.05) is 13.6 Å². The molecule has 2 fully saturated rings. The summed E-state index contributed by atoms with van der Waals surface area (Å²) in [5, 5.41) is 8.99. The highest BCUT2D eigenvalue weighted by atomic mass is 16.5. The number of rotatable bonds is 6. The molecule has 0 amide bonds. The van der Waals surface area contributed by atoms with Crippen LogP contribution in [0.3, 0.4) is 0 Å². The molecule has 0 saturated heterocycles. The summed E-state index contributed by atoms with van der Waals surface area (Å²) in [7, 11) is 2.10. The Balaban J connectivity index is 1.18. The molecular weight excluding hydrogens is 340 g/mol. The summed E-state index contributed by atoms with van der Waals surface area (Å²) in [5.74, 6) is 2.11. The van der Waals surface area contributed by atoms with Gasteiger partial charge >= 0.3 is 0 Å². The van der Waals surface area contributed by atoms with E-state index in [0.717, 1.165) is 49.6 Å². The normalized spacial score (nSPS) is 21.7. The fourth-order valence-corrected chi connectivity index (χ4v) is 4.73. The monoisotopic (exact) mass is 370 g/mol. The molecule has 1 aliphatic heterocycles. The number of aromatic nitrogens is 4. The average Bonchev–Trinajstić information content (AvgIpc) is 3.32. The third kappa shape index (κ3) is 3.67. The van der Waals surface area contributed by atoms with Crippen LogP contribution in [0.15, 0.2) is 10.6 Å². The Labute approximate surface area is 160 Å². The fraction of sp³-hybridized carbons (Fsp3) is 0.750. The summed E-state index contributed by atoms with van der Waals surface area (Å²) < 4.78 is 7.64. The molecule has 5 rings (SSSR count). The van der Waals surface area contributed by atoms with Gasteiger partial charge in [0.05, 0.1) is 24.5 Å². The van der Waals surface area contributed by atoms with Crippen molar-refractivity contribution in [2.45, 2.75) is 83.1 Å². The molecule has 2 saturated carbocycles. The van der Waals surface area contributed by atoms with E-state index >= 15 is 0 Å². The number of fused-ring (bicyclic) bond motifs is 1. The molecule has 0 radical (unpaired) electrons. The molecule has 3 aliphatic rings. The summed E-state index contributed by atoms with van der Waals surface area (Å²) in [5.41, 5.74) is 2.51. The lowest BCUT2D eigenvalue weighted by Crippen LogP contribution is -2.39. The van der Waals surface area contributed by atoms with Gasteiger partial charge in [0.1, 0.15) is 0 Å². The maximum Gasteiger partial charge on any atom is 0.229 e. The van der Waals surface area contributed by atoms with Crippen molar-refractivity contribution in [2.24, 2.45) is 0 Å². The minimum Gasteiger partial charge on any atom is -0.339 e. The van der Waals surface area contributed by atoms with Crippen LogP contribution < -0.4 is 0 Å². The number of hydrogen-bond donors (Lipinski definition) is 0. The Morgan fingerprint density at radius 1 is 1.11 bits per heavy atom. The lowest BCUT2D eigenvalue weighted by molar-refractivity contribution is 0.152. The number of nitrogens with zero attached hydrogens (tertiary/aromatic N) is 6. The molecule has 0 N–H and O–H groups in total. The molecule has 7 nitrogen and oxygen atoms in total. The van der Waals surface area contributed by atoms with E-state index in [2.05, 4.69) is 37.7 Å². The Hall–Kier alpha value is -1.73. The van der Waals surface area contributed by atoms with Crippen molar-refractivity contribution in [3.8, 4) is 0 Å². The molecule has 2 aliphatic carbocycles. The molecule has 7 heteroatoms. The topological polar surface area (TPSA) is 63.2 Å². The minimum absolute atomic E-state index is 0.499. The summed E-state index contributed by atoms with van der Waals surface area (Å²) >= 11 is 0. The van der Waals surface area contributed by atoms with Crippen LogP contribution in [0.2, 0.25) is 0 Å².